The van der Waals surface area contributed by atoms with E-state index in [9.17, 15) is 9.59 Å². The van der Waals surface area contributed by atoms with Gasteiger partial charge in [0.05, 0.1) is 16.9 Å². The van der Waals surface area contributed by atoms with E-state index in [1.165, 1.54) is 0 Å². The highest BCUT2D eigenvalue weighted by Gasteiger charge is 2.54. The third-order valence-electron chi connectivity index (χ3n) is 8.55. The van der Waals surface area contributed by atoms with Gasteiger partial charge in [0.1, 0.15) is 5.82 Å². The highest BCUT2D eigenvalue weighted by Crippen LogP contribution is 2.57. The van der Waals surface area contributed by atoms with Crippen LogP contribution in [0.25, 0.3) is 10.9 Å². The number of benzene rings is 1. The van der Waals surface area contributed by atoms with Crippen molar-refractivity contribution in [2.45, 2.75) is 96.9 Å². The van der Waals surface area contributed by atoms with Gasteiger partial charge in [-0.1, -0.05) is 32.0 Å². The van der Waals surface area contributed by atoms with E-state index in [0.29, 0.717) is 16.7 Å². The van der Waals surface area contributed by atoms with Crippen molar-refractivity contribution in [2.24, 2.45) is 12.5 Å². The molecule has 0 saturated heterocycles. The lowest BCUT2D eigenvalue weighted by molar-refractivity contribution is -0.129. The van der Waals surface area contributed by atoms with Crippen molar-refractivity contribution in [3.05, 3.63) is 51.2 Å². The number of nitrogens with one attached hydrogen (secondary N) is 1. The molecule has 3 aromatic rings. The molecule has 2 bridgehead atoms. The maximum Gasteiger partial charge on any atom is 0.261 e. The van der Waals surface area contributed by atoms with Crippen LogP contribution in [0.5, 0.6) is 0 Å². The van der Waals surface area contributed by atoms with E-state index in [4.69, 9.17) is 9.51 Å². The maximum atomic E-state index is 13.7. The standard InChI is InChI=1S/C28H37N5O3/c1-16-14-19(17(2)29-24(35)26(4,5)6)21-20(15-16)22(34)33(7)23(31-21)27-8-11-28(12-9-27,13-10-27)25-30-18(3)32-36-25/h14-15,17H,8-13H2,1-7H3,(H,29,35)/t17-,27?,28?/m1/s1. The van der Waals surface area contributed by atoms with Crippen molar-refractivity contribution in [3.8, 4) is 0 Å². The average molecular weight is 492 g/mol. The Kier molecular flexibility index (Phi) is 5.65. The van der Waals surface area contributed by atoms with Crippen molar-refractivity contribution >= 4 is 16.8 Å². The predicted octanol–water partition coefficient (Wildman–Crippen LogP) is 4.70. The van der Waals surface area contributed by atoms with E-state index in [-0.39, 0.29) is 28.3 Å². The minimum absolute atomic E-state index is 0.0283. The van der Waals surface area contributed by atoms with Crippen LogP contribution in [-0.2, 0) is 22.7 Å². The quantitative estimate of drug-likeness (QED) is 0.567. The Morgan fingerprint density at radius 3 is 2.22 bits per heavy atom. The molecule has 36 heavy (non-hydrogen) atoms. The van der Waals surface area contributed by atoms with E-state index < -0.39 is 5.41 Å². The van der Waals surface area contributed by atoms with Gasteiger partial charge in [-0.3, -0.25) is 14.2 Å². The van der Waals surface area contributed by atoms with Crippen LogP contribution in [0.2, 0.25) is 0 Å². The first kappa shape index (κ1) is 24.7. The molecule has 1 atom stereocenters. The van der Waals surface area contributed by atoms with Crippen LogP contribution < -0.4 is 10.9 Å². The molecule has 6 rings (SSSR count). The van der Waals surface area contributed by atoms with Gasteiger partial charge in [-0.05, 0) is 70.9 Å². The van der Waals surface area contributed by atoms with Gasteiger partial charge in [0.15, 0.2) is 5.82 Å². The summed E-state index contributed by atoms with van der Waals surface area (Å²) in [6.07, 6.45) is 5.62. The minimum atomic E-state index is -0.505. The zero-order chi connectivity index (χ0) is 26.0. The molecule has 1 N–H and O–H groups in total. The first-order valence-electron chi connectivity index (χ1n) is 13.0. The summed E-state index contributed by atoms with van der Waals surface area (Å²) in [5.74, 6) is 2.26. The molecule has 192 valence electrons. The highest BCUT2D eigenvalue weighted by molar-refractivity contribution is 5.85. The summed E-state index contributed by atoms with van der Waals surface area (Å²) in [6.45, 7) is 11.5. The lowest BCUT2D eigenvalue weighted by Gasteiger charge is -2.51. The molecule has 0 radical (unpaired) electrons. The van der Waals surface area contributed by atoms with Crippen LogP contribution in [0, 0.1) is 19.3 Å². The van der Waals surface area contributed by atoms with Gasteiger partial charge in [-0.15, -0.1) is 0 Å². The average Bonchev–Trinajstić information content (AvgIpc) is 3.28. The summed E-state index contributed by atoms with van der Waals surface area (Å²) in [4.78, 5) is 36.2. The van der Waals surface area contributed by atoms with Crippen LogP contribution in [-0.4, -0.2) is 25.6 Å². The Morgan fingerprint density at radius 2 is 1.67 bits per heavy atom. The predicted molar refractivity (Wildman–Crippen MR) is 138 cm³/mol. The van der Waals surface area contributed by atoms with Gasteiger partial charge in [0.2, 0.25) is 11.8 Å². The molecule has 2 heterocycles. The minimum Gasteiger partial charge on any atom is -0.349 e. The third-order valence-corrected chi connectivity index (χ3v) is 8.55. The molecule has 1 amide bonds. The van der Waals surface area contributed by atoms with Crippen molar-refractivity contribution in [3.63, 3.8) is 0 Å². The molecular weight excluding hydrogens is 454 g/mol. The van der Waals surface area contributed by atoms with Crippen molar-refractivity contribution in [2.75, 3.05) is 0 Å². The summed E-state index contributed by atoms with van der Waals surface area (Å²) in [6, 6.07) is 3.70. The van der Waals surface area contributed by atoms with Gasteiger partial charge in [0.25, 0.3) is 5.56 Å². The fraction of sp³-hybridized carbons (Fsp3) is 0.607. The zero-order valence-electron chi connectivity index (χ0n) is 22.5. The largest absolute Gasteiger partial charge is 0.349 e. The van der Waals surface area contributed by atoms with Crippen LogP contribution in [0.4, 0.5) is 0 Å². The van der Waals surface area contributed by atoms with Gasteiger partial charge >= 0.3 is 0 Å². The number of aryl methyl sites for hydroxylation is 2. The lowest BCUT2D eigenvalue weighted by Crippen LogP contribution is -2.49. The van der Waals surface area contributed by atoms with Crippen LogP contribution >= 0.6 is 0 Å². The SMILES string of the molecule is Cc1cc([C@@H](C)NC(=O)C(C)(C)C)c2nc(C34CCC(c5nc(C)no5)(CC3)CC4)n(C)c(=O)c2c1. The second-order valence-electron chi connectivity index (χ2n) is 12.2. The monoisotopic (exact) mass is 491 g/mol. The van der Waals surface area contributed by atoms with E-state index in [2.05, 4.69) is 21.5 Å². The van der Waals surface area contributed by atoms with E-state index >= 15 is 0 Å². The van der Waals surface area contributed by atoms with Gasteiger partial charge in [0, 0.05) is 28.9 Å². The summed E-state index contributed by atoms with van der Waals surface area (Å²) in [5, 5.41) is 7.77. The Hall–Kier alpha value is -3.03. The normalized spacial score (nSPS) is 24.8. The highest BCUT2D eigenvalue weighted by atomic mass is 16.5. The number of nitrogens with zero attached hydrogens (tertiary/aromatic N) is 4. The summed E-state index contributed by atoms with van der Waals surface area (Å²) >= 11 is 0. The molecule has 3 saturated carbocycles. The van der Waals surface area contributed by atoms with Crippen LogP contribution in [0.1, 0.15) is 101 Å². The zero-order valence-corrected chi connectivity index (χ0v) is 22.5. The molecule has 8 heteroatoms. The van der Waals surface area contributed by atoms with E-state index in [0.717, 1.165) is 61.4 Å². The number of carbonyl (C=O) groups excluding carboxylic acids is 1. The Balaban J connectivity index is 1.56. The van der Waals surface area contributed by atoms with Crippen molar-refractivity contribution < 1.29 is 9.32 Å². The number of carbonyl (C=O) groups is 1. The van der Waals surface area contributed by atoms with Crippen molar-refractivity contribution in [1.82, 2.24) is 25.0 Å². The van der Waals surface area contributed by atoms with Crippen LogP contribution in [0.3, 0.4) is 0 Å². The molecule has 3 fully saturated rings. The smallest absolute Gasteiger partial charge is 0.261 e. The third kappa shape index (κ3) is 3.85. The second kappa shape index (κ2) is 8.25. The Morgan fingerprint density at radius 1 is 1.06 bits per heavy atom. The molecule has 0 aliphatic heterocycles. The van der Waals surface area contributed by atoms with Gasteiger partial charge < -0.3 is 9.84 Å². The molecule has 1 aromatic carbocycles. The molecule has 3 aliphatic carbocycles. The summed E-state index contributed by atoms with van der Waals surface area (Å²) in [5.41, 5.74) is 1.82. The second-order valence-corrected chi connectivity index (χ2v) is 12.2. The first-order valence-corrected chi connectivity index (χ1v) is 13.0. The molecule has 2 aromatic heterocycles. The number of hydrogen-bond acceptors (Lipinski definition) is 6. The molecule has 3 aliphatic rings. The number of fused-ring (bicyclic) bond motifs is 4. The fourth-order valence-corrected chi connectivity index (χ4v) is 6.20. The summed E-state index contributed by atoms with van der Waals surface area (Å²) < 4.78 is 7.37. The van der Waals surface area contributed by atoms with E-state index in [1.54, 1.807) is 4.57 Å². The first-order chi connectivity index (χ1) is 16.9. The number of rotatable bonds is 4. The topological polar surface area (TPSA) is 103 Å². The Bertz CT molecular complexity index is 1390. The maximum absolute atomic E-state index is 13.7. The number of amides is 1. The summed E-state index contributed by atoms with van der Waals surface area (Å²) in [7, 11) is 1.85. The molecule has 0 unspecified atom stereocenters. The fourth-order valence-electron chi connectivity index (χ4n) is 6.20. The van der Waals surface area contributed by atoms with Gasteiger partial charge in [-0.2, -0.15) is 4.98 Å². The molecular formula is C28H37N5O3. The van der Waals surface area contributed by atoms with Crippen LogP contribution in [0.15, 0.2) is 21.5 Å². The number of aromatic nitrogens is 4. The van der Waals surface area contributed by atoms with E-state index in [1.807, 2.05) is 54.7 Å². The number of hydrogen-bond donors (Lipinski definition) is 1. The molecule has 0 spiro atoms. The lowest BCUT2D eigenvalue weighted by atomic mass is 9.53. The Labute approximate surface area is 211 Å². The van der Waals surface area contributed by atoms with Crippen molar-refractivity contribution in [1.29, 1.82) is 0 Å². The molecule has 8 nitrogen and oxygen atoms in total. The van der Waals surface area contributed by atoms with Gasteiger partial charge in [-0.25, -0.2) is 4.98 Å².